The van der Waals surface area contributed by atoms with Gasteiger partial charge in [-0.05, 0) is 26.0 Å². The van der Waals surface area contributed by atoms with E-state index in [1.165, 1.54) is 6.07 Å². The predicted molar refractivity (Wildman–Crippen MR) is 77.2 cm³/mol. The van der Waals surface area contributed by atoms with Gasteiger partial charge in [0.15, 0.2) is 4.90 Å². The lowest BCUT2D eigenvalue weighted by Gasteiger charge is -2.13. The summed E-state index contributed by atoms with van der Waals surface area (Å²) in [4.78, 5) is 9.73. The molecule has 0 amide bonds. The highest BCUT2D eigenvalue weighted by molar-refractivity contribution is 7.89. The maximum Gasteiger partial charge on any atom is 0.289 e. The second kappa shape index (κ2) is 7.31. The smallest absolute Gasteiger partial charge is 0.289 e. The summed E-state index contributed by atoms with van der Waals surface area (Å²) >= 11 is 0. The predicted octanol–water partition coefficient (Wildman–Crippen LogP) is 0.584. The molecule has 0 spiro atoms. The van der Waals surface area contributed by atoms with Crippen LogP contribution in [0.1, 0.15) is 13.8 Å². The van der Waals surface area contributed by atoms with Gasteiger partial charge in [0.1, 0.15) is 0 Å². The van der Waals surface area contributed by atoms with Crippen LogP contribution in [-0.2, 0) is 14.8 Å². The molecular formula is C11H18N4O5S. The Kier molecular flexibility index (Phi) is 6.03. The maximum absolute atomic E-state index is 12.2. The second-order valence-corrected chi connectivity index (χ2v) is 5.94. The zero-order valence-electron chi connectivity index (χ0n) is 11.7. The first kappa shape index (κ1) is 17.3. The van der Waals surface area contributed by atoms with Gasteiger partial charge in [0, 0.05) is 19.2 Å². The Hall–Kier alpha value is -1.75. The van der Waals surface area contributed by atoms with E-state index in [1.54, 1.807) is 13.8 Å². The second-order valence-electron chi connectivity index (χ2n) is 4.20. The minimum Gasteiger partial charge on any atom is -0.377 e. The number of ether oxygens (including phenoxy) is 1. The van der Waals surface area contributed by atoms with Gasteiger partial charge in [0.2, 0.25) is 10.0 Å². The van der Waals surface area contributed by atoms with Crippen molar-refractivity contribution in [3.63, 3.8) is 0 Å². The fraction of sp³-hybridized carbons (Fsp3) is 0.455. The number of hydrogen-bond acceptors (Lipinski definition) is 7. The van der Waals surface area contributed by atoms with Crippen molar-refractivity contribution in [2.75, 3.05) is 18.6 Å². The quantitative estimate of drug-likeness (QED) is 0.362. The molecule has 0 aliphatic rings. The van der Waals surface area contributed by atoms with Gasteiger partial charge < -0.3 is 10.2 Å². The van der Waals surface area contributed by atoms with E-state index in [0.717, 1.165) is 12.1 Å². The number of nitro groups is 1. The van der Waals surface area contributed by atoms with Gasteiger partial charge in [-0.15, -0.1) is 0 Å². The Bertz CT molecular complexity index is 605. The standard InChI is InChI=1S/C11H18N4O5S/c1-3-20-8(2)7-13-21(18,19)11-6-9(14-12)4-5-10(11)15(16)17/h4-6,8,13-14H,3,7,12H2,1-2H3. The molecule has 0 radical (unpaired) electrons. The average Bonchev–Trinajstić information content (AvgIpc) is 2.44. The number of anilines is 1. The minimum absolute atomic E-state index is 0.00755. The molecule has 118 valence electrons. The van der Waals surface area contributed by atoms with Crippen molar-refractivity contribution >= 4 is 21.4 Å². The molecule has 1 atom stereocenters. The molecule has 0 aliphatic carbocycles. The van der Waals surface area contributed by atoms with Gasteiger partial charge in [-0.2, -0.15) is 0 Å². The van der Waals surface area contributed by atoms with E-state index in [9.17, 15) is 18.5 Å². The number of nitrogens with one attached hydrogen (secondary N) is 2. The van der Waals surface area contributed by atoms with E-state index in [1.807, 2.05) is 0 Å². The number of hydrogen-bond donors (Lipinski definition) is 3. The summed E-state index contributed by atoms with van der Waals surface area (Å²) in [6.45, 7) is 3.92. The van der Waals surface area contributed by atoms with Crippen LogP contribution in [0.5, 0.6) is 0 Å². The van der Waals surface area contributed by atoms with Gasteiger partial charge in [0.25, 0.3) is 5.69 Å². The highest BCUT2D eigenvalue weighted by Gasteiger charge is 2.26. The molecule has 1 rings (SSSR count). The van der Waals surface area contributed by atoms with Gasteiger partial charge in [-0.1, -0.05) is 0 Å². The average molecular weight is 318 g/mol. The third-order valence-electron chi connectivity index (χ3n) is 2.62. The lowest BCUT2D eigenvalue weighted by atomic mass is 10.3. The van der Waals surface area contributed by atoms with Crippen molar-refractivity contribution in [3.05, 3.63) is 28.3 Å². The Balaban J connectivity index is 3.08. The van der Waals surface area contributed by atoms with Crippen LogP contribution < -0.4 is 16.0 Å². The molecule has 0 aromatic heterocycles. The number of rotatable bonds is 8. The Labute approximate surface area is 122 Å². The first-order valence-corrected chi connectivity index (χ1v) is 7.66. The summed E-state index contributed by atoms with van der Waals surface area (Å²) in [5.74, 6) is 5.19. The fourth-order valence-electron chi connectivity index (χ4n) is 1.62. The zero-order valence-corrected chi connectivity index (χ0v) is 12.5. The Morgan fingerprint density at radius 1 is 1.48 bits per heavy atom. The molecule has 0 saturated carbocycles. The summed E-state index contributed by atoms with van der Waals surface area (Å²) in [5, 5.41) is 10.9. The van der Waals surface area contributed by atoms with Crippen LogP contribution in [0.3, 0.4) is 0 Å². The summed E-state index contributed by atoms with van der Waals surface area (Å²) in [7, 11) is -4.05. The highest BCUT2D eigenvalue weighted by Crippen LogP contribution is 2.26. The molecule has 4 N–H and O–H groups in total. The van der Waals surface area contributed by atoms with E-state index >= 15 is 0 Å². The molecule has 0 saturated heterocycles. The first-order chi connectivity index (χ1) is 9.81. The third kappa shape index (κ3) is 4.63. The minimum atomic E-state index is -4.05. The SMILES string of the molecule is CCOC(C)CNS(=O)(=O)c1cc(NN)ccc1[N+](=O)[O-]. The number of nitro benzene ring substituents is 1. The van der Waals surface area contributed by atoms with Crippen molar-refractivity contribution in [2.45, 2.75) is 24.8 Å². The topological polar surface area (TPSA) is 137 Å². The van der Waals surface area contributed by atoms with E-state index in [0.29, 0.717) is 6.61 Å². The Morgan fingerprint density at radius 3 is 2.67 bits per heavy atom. The zero-order chi connectivity index (χ0) is 16.0. The van der Waals surface area contributed by atoms with Crippen LogP contribution in [0.4, 0.5) is 11.4 Å². The van der Waals surface area contributed by atoms with Gasteiger partial charge >= 0.3 is 0 Å². The van der Waals surface area contributed by atoms with Crippen molar-refractivity contribution in [1.29, 1.82) is 0 Å². The first-order valence-electron chi connectivity index (χ1n) is 6.18. The summed E-state index contributed by atoms with van der Waals surface area (Å²) < 4.78 is 31.9. The van der Waals surface area contributed by atoms with E-state index in [2.05, 4.69) is 10.1 Å². The van der Waals surface area contributed by atoms with Crippen molar-refractivity contribution in [1.82, 2.24) is 4.72 Å². The lowest BCUT2D eigenvalue weighted by molar-refractivity contribution is -0.387. The molecule has 10 heteroatoms. The maximum atomic E-state index is 12.2. The van der Waals surface area contributed by atoms with Crippen LogP contribution in [-0.4, -0.2) is 32.6 Å². The highest BCUT2D eigenvalue weighted by atomic mass is 32.2. The molecule has 9 nitrogen and oxygen atoms in total. The van der Waals surface area contributed by atoms with E-state index in [-0.39, 0.29) is 18.3 Å². The number of nitrogen functional groups attached to an aromatic ring is 1. The number of nitrogens with two attached hydrogens (primary N) is 1. The lowest BCUT2D eigenvalue weighted by Crippen LogP contribution is -2.32. The molecule has 0 heterocycles. The van der Waals surface area contributed by atoms with Gasteiger partial charge in [-0.25, -0.2) is 13.1 Å². The van der Waals surface area contributed by atoms with Crippen LogP contribution in [0.25, 0.3) is 0 Å². The van der Waals surface area contributed by atoms with Crippen molar-refractivity contribution in [3.8, 4) is 0 Å². The monoisotopic (exact) mass is 318 g/mol. The summed E-state index contributed by atoms with van der Waals surface area (Å²) in [6.07, 6.45) is -0.348. The number of sulfonamides is 1. The Morgan fingerprint density at radius 2 is 2.14 bits per heavy atom. The molecule has 0 fully saturated rings. The number of benzene rings is 1. The summed E-state index contributed by atoms with van der Waals surface area (Å²) in [5.41, 5.74) is 1.98. The van der Waals surface area contributed by atoms with Crippen LogP contribution in [0.2, 0.25) is 0 Å². The number of hydrazine groups is 1. The number of nitrogens with zero attached hydrogens (tertiary/aromatic N) is 1. The molecule has 0 aliphatic heterocycles. The van der Waals surface area contributed by atoms with Crippen molar-refractivity contribution < 1.29 is 18.1 Å². The largest absolute Gasteiger partial charge is 0.377 e. The van der Waals surface area contributed by atoms with Gasteiger partial charge in [-0.3, -0.25) is 16.0 Å². The molecule has 21 heavy (non-hydrogen) atoms. The van der Waals surface area contributed by atoms with E-state index in [4.69, 9.17) is 10.6 Å². The van der Waals surface area contributed by atoms with Crippen LogP contribution in [0.15, 0.2) is 23.1 Å². The van der Waals surface area contributed by atoms with Gasteiger partial charge in [0.05, 0.1) is 16.7 Å². The summed E-state index contributed by atoms with van der Waals surface area (Å²) in [6, 6.07) is 3.50. The molecular weight excluding hydrogens is 300 g/mol. The molecule has 0 bridgehead atoms. The normalized spacial score (nSPS) is 12.9. The molecule has 1 aromatic rings. The third-order valence-corrected chi connectivity index (χ3v) is 4.08. The van der Waals surface area contributed by atoms with Crippen molar-refractivity contribution in [2.24, 2.45) is 5.84 Å². The van der Waals surface area contributed by atoms with Crippen LogP contribution in [0, 0.1) is 10.1 Å². The van der Waals surface area contributed by atoms with Crippen LogP contribution >= 0.6 is 0 Å². The fourth-order valence-corrected chi connectivity index (χ4v) is 2.93. The molecule has 1 aromatic carbocycles. The molecule has 1 unspecified atom stereocenters. The van der Waals surface area contributed by atoms with E-state index < -0.39 is 25.5 Å².